The van der Waals surface area contributed by atoms with Crippen LogP contribution in [0.15, 0.2) is 0 Å². The van der Waals surface area contributed by atoms with Crippen LogP contribution in [0.3, 0.4) is 0 Å². The monoisotopic (exact) mass is 202 g/mol. The topological polar surface area (TPSA) is 15.3 Å². The first-order valence-electron chi connectivity index (χ1n) is 5.43. The smallest absolute Gasteiger partial charge is 0.0690 e. The Morgan fingerprint density at radius 2 is 2.00 bits per heavy atom. The molecule has 1 heterocycles. The Bertz CT molecular complexity index is 118. The van der Waals surface area contributed by atoms with Crippen molar-refractivity contribution < 1.29 is 0 Å². The Balaban J connectivity index is 2.32. The molecule has 1 rings (SSSR count). The second-order valence-corrected chi connectivity index (χ2v) is 4.73. The first-order valence-corrected chi connectivity index (χ1v) is 6.59. The van der Waals surface area contributed by atoms with Crippen LogP contribution in [-0.2, 0) is 0 Å². The van der Waals surface area contributed by atoms with Crippen molar-refractivity contribution in [1.29, 1.82) is 0 Å². The number of rotatable bonds is 5. The molecular formula is C10H22N2S. The molecule has 0 aromatic heterocycles. The highest BCUT2D eigenvalue weighted by atomic mass is 32.2. The average molecular weight is 202 g/mol. The van der Waals surface area contributed by atoms with Gasteiger partial charge in [0.25, 0.3) is 0 Å². The lowest BCUT2D eigenvalue weighted by Gasteiger charge is -2.34. The van der Waals surface area contributed by atoms with E-state index in [1.54, 1.807) is 0 Å². The van der Waals surface area contributed by atoms with E-state index in [-0.39, 0.29) is 0 Å². The van der Waals surface area contributed by atoms with Crippen LogP contribution in [-0.4, -0.2) is 42.2 Å². The molecule has 0 bridgehead atoms. The molecule has 1 aliphatic rings. The van der Waals surface area contributed by atoms with Crippen LogP contribution in [0.2, 0.25) is 0 Å². The van der Waals surface area contributed by atoms with Gasteiger partial charge in [0, 0.05) is 18.1 Å². The molecule has 0 aromatic rings. The fourth-order valence-corrected chi connectivity index (χ4v) is 2.76. The molecule has 1 saturated heterocycles. The van der Waals surface area contributed by atoms with Gasteiger partial charge >= 0.3 is 0 Å². The van der Waals surface area contributed by atoms with Crippen molar-refractivity contribution in [2.45, 2.75) is 32.9 Å². The third kappa shape index (κ3) is 3.88. The highest BCUT2D eigenvalue weighted by Crippen LogP contribution is 2.11. The molecule has 78 valence electrons. The molecule has 2 nitrogen and oxygen atoms in total. The maximum Gasteiger partial charge on any atom is 0.0690 e. The summed E-state index contributed by atoms with van der Waals surface area (Å²) >= 11 is 2.08. The van der Waals surface area contributed by atoms with E-state index in [4.69, 9.17) is 0 Å². The molecule has 0 aliphatic carbocycles. The summed E-state index contributed by atoms with van der Waals surface area (Å²) in [5, 5.41) is 3.59. The van der Waals surface area contributed by atoms with Crippen LogP contribution < -0.4 is 5.32 Å². The van der Waals surface area contributed by atoms with E-state index in [9.17, 15) is 0 Å². The molecule has 0 amide bonds. The van der Waals surface area contributed by atoms with Crippen molar-refractivity contribution in [3.63, 3.8) is 0 Å². The first kappa shape index (κ1) is 11.3. The van der Waals surface area contributed by atoms with Crippen LogP contribution in [0.1, 0.15) is 26.7 Å². The van der Waals surface area contributed by atoms with E-state index in [0.29, 0.717) is 6.17 Å². The molecule has 1 atom stereocenters. The van der Waals surface area contributed by atoms with Crippen LogP contribution in [0.25, 0.3) is 0 Å². The first-order chi connectivity index (χ1) is 6.38. The summed E-state index contributed by atoms with van der Waals surface area (Å²) in [6.07, 6.45) is 3.17. The lowest BCUT2D eigenvalue weighted by molar-refractivity contribution is 0.182. The summed E-state index contributed by atoms with van der Waals surface area (Å²) in [6.45, 7) is 8.19. The second kappa shape index (κ2) is 6.68. The molecule has 0 radical (unpaired) electrons. The summed E-state index contributed by atoms with van der Waals surface area (Å²) in [6, 6.07) is 0. The maximum absolute atomic E-state index is 3.59. The predicted octanol–water partition coefficient (Wildman–Crippen LogP) is 1.77. The Labute approximate surface area is 86.5 Å². The van der Waals surface area contributed by atoms with Gasteiger partial charge in [-0.05, 0) is 25.9 Å². The molecule has 0 aromatic carbocycles. The lowest BCUT2D eigenvalue weighted by atomic mass is 10.3. The highest BCUT2D eigenvalue weighted by molar-refractivity contribution is 7.99. The predicted molar refractivity (Wildman–Crippen MR) is 61.3 cm³/mol. The largest absolute Gasteiger partial charge is 0.300 e. The van der Waals surface area contributed by atoms with Gasteiger partial charge in [0.05, 0.1) is 6.17 Å². The fraction of sp³-hybridized carbons (Fsp3) is 1.00. The van der Waals surface area contributed by atoms with E-state index in [2.05, 4.69) is 35.8 Å². The van der Waals surface area contributed by atoms with E-state index in [1.807, 2.05) is 0 Å². The van der Waals surface area contributed by atoms with Gasteiger partial charge in [-0.1, -0.05) is 13.8 Å². The van der Waals surface area contributed by atoms with Gasteiger partial charge in [0.2, 0.25) is 0 Å². The van der Waals surface area contributed by atoms with Crippen molar-refractivity contribution in [1.82, 2.24) is 10.2 Å². The van der Waals surface area contributed by atoms with E-state index in [0.717, 1.165) is 0 Å². The number of nitrogens with one attached hydrogen (secondary N) is 1. The molecule has 1 N–H and O–H groups in total. The molecule has 1 fully saturated rings. The maximum atomic E-state index is 3.59. The van der Waals surface area contributed by atoms with Crippen molar-refractivity contribution >= 4 is 11.8 Å². The quantitative estimate of drug-likeness (QED) is 0.731. The Kier molecular flexibility index (Phi) is 5.83. The van der Waals surface area contributed by atoms with Crippen LogP contribution in [0.4, 0.5) is 0 Å². The zero-order valence-electron chi connectivity index (χ0n) is 8.88. The van der Waals surface area contributed by atoms with Gasteiger partial charge < -0.3 is 5.32 Å². The van der Waals surface area contributed by atoms with Crippen molar-refractivity contribution in [2.75, 3.05) is 31.1 Å². The zero-order chi connectivity index (χ0) is 9.52. The molecule has 3 heteroatoms. The van der Waals surface area contributed by atoms with Gasteiger partial charge in [-0.15, -0.1) is 0 Å². The summed E-state index contributed by atoms with van der Waals surface area (Å²) in [5.41, 5.74) is 0. The molecule has 0 saturated carbocycles. The van der Waals surface area contributed by atoms with Gasteiger partial charge in [0.1, 0.15) is 0 Å². The third-order valence-corrected chi connectivity index (χ3v) is 3.41. The molecule has 0 spiro atoms. The minimum Gasteiger partial charge on any atom is -0.300 e. The van der Waals surface area contributed by atoms with Crippen LogP contribution in [0, 0.1) is 0 Å². The van der Waals surface area contributed by atoms with Crippen molar-refractivity contribution in [2.24, 2.45) is 0 Å². The third-order valence-electron chi connectivity index (χ3n) is 2.36. The summed E-state index contributed by atoms with van der Waals surface area (Å²) < 4.78 is 0. The van der Waals surface area contributed by atoms with Gasteiger partial charge in [-0.3, -0.25) is 4.90 Å². The van der Waals surface area contributed by atoms with Crippen LogP contribution in [0.5, 0.6) is 0 Å². The highest BCUT2D eigenvalue weighted by Gasteiger charge is 2.18. The zero-order valence-corrected chi connectivity index (χ0v) is 9.70. The number of hydrogen-bond donors (Lipinski definition) is 1. The van der Waals surface area contributed by atoms with Gasteiger partial charge in [0.15, 0.2) is 0 Å². The minimum atomic E-state index is 0.638. The summed E-state index contributed by atoms with van der Waals surface area (Å²) in [4.78, 5) is 2.59. The average Bonchev–Trinajstić information content (AvgIpc) is 2.19. The van der Waals surface area contributed by atoms with E-state index < -0.39 is 0 Å². The van der Waals surface area contributed by atoms with E-state index >= 15 is 0 Å². The molecule has 13 heavy (non-hydrogen) atoms. The van der Waals surface area contributed by atoms with E-state index in [1.165, 1.54) is 44.0 Å². The van der Waals surface area contributed by atoms with Crippen LogP contribution >= 0.6 is 11.8 Å². The second-order valence-electron chi connectivity index (χ2n) is 3.58. The Morgan fingerprint density at radius 3 is 2.46 bits per heavy atom. The Morgan fingerprint density at radius 1 is 1.31 bits per heavy atom. The summed E-state index contributed by atoms with van der Waals surface area (Å²) in [7, 11) is 0. The normalized spacial score (nSPS) is 23.8. The van der Waals surface area contributed by atoms with Gasteiger partial charge in [-0.2, -0.15) is 11.8 Å². The number of nitrogens with zero attached hydrogens (tertiary/aromatic N) is 1. The Hall–Kier alpha value is 0.270. The van der Waals surface area contributed by atoms with Crippen molar-refractivity contribution in [3.05, 3.63) is 0 Å². The molecule has 1 aliphatic heterocycles. The standard InChI is InChI=1S/C10H22N2S/c1-3-6-12(7-4-2)10-9-13-8-5-11-10/h10-11H,3-9H2,1-2H3. The minimum absolute atomic E-state index is 0.638. The fourth-order valence-electron chi connectivity index (χ4n) is 1.78. The number of thioether (sulfide) groups is 1. The molecule has 1 unspecified atom stereocenters. The van der Waals surface area contributed by atoms with Crippen molar-refractivity contribution in [3.8, 4) is 0 Å². The lowest BCUT2D eigenvalue weighted by Crippen LogP contribution is -2.51. The summed E-state index contributed by atoms with van der Waals surface area (Å²) in [5.74, 6) is 2.54. The SMILES string of the molecule is CCCN(CCC)C1CSCCN1. The molecular weight excluding hydrogens is 180 g/mol. The number of hydrogen-bond acceptors (Lipinski definition) is 3. The van der Waals surface area contributed by atoms with Gasteiger partial charge in [-0.25, -0.2) is 0 Å².